The van der Waals surface area contributed by atoms with Crippen LogP contribution in [0, 0.1) is 0 Å². The van der Waals surface area contributed by atoms with E-state index in [1.807, 2.05) is 0 Å². The van der Waals surface area contributed by atoms with Gasteiger partial charge in [0, 0.05) is 4.47 Å². The Morgan fingerprint density at radius 2 is 2.05 bits per heavy atom. The number of rotatable bonds is 6. The van der Waals surface area contributed by atoms with E-state index in [9.17, 15) is 13.5 Å². The average Bonchev–Trinajstić information content (AvgIpc) is 2.30. The number of benzene rings is 1. The summed E-state index contributed by atoms with van der Waals surface area (Å²) in [4.78, 5) is 0.0439. The van der Waals surface area contributed by atoms with Crippen molar-refractivity contribution in [2.24, 2.45) is 0 Å². The quantitative estimate of drug-likeness (QED) is 0.810. The van der Waals surface area contributed by atoms with Crippen molar-refractivity contribution in [3.8, 4) is 5.75 Å². The highest BCUT2D eigenvalue weighted by molar-refractivity contribution is 9.10. The first-order valence-electron chi connectivity index (χ1n) is 6.24. The second-order valence-electron chi connectivity index (χ2n) is 5.03. The van der Waals surface area contributed by atoms with E-state index in [4.69, 9.17) is 4.74 Å². The molecule has 0 saturated carbocycles. The van der Waals surface area contributed by atoms with Crippen LogP contribution in [-0.2, 0) is 10.0 Å². The molecule has 1 atom stereocenters. The number of hydrogen-bond donors (Lipinski definition) is 2. The highest BCUT2D eigenvalue weighted by atomic mass is 79.9. The number of sulfonamides is 1. The largest absolute Gasteiger partial charge is 0.492 e. The fourth-order valence-electron chi connectivity index (χ4n) is 1.45. The molecule has 0 aliphatic carbocycles. The summed E-state index contributed by atoms with van der Waals surface area (Å²) in [6, 6.07) is 4.78. The molecule has 0 radical (unpaired) electrons. The molecule has 0 saturated heterocycles. The standard InChI is InChI=1S/C13H20BrNO4S/c1-5-19-11-7-6-10(14)8-12(11)20(17,18)15-13(3,4)9(2)16/h6-9,15-16H,5H2,1-4H3. The summed E-state index contributed by atoms with van der Waals surface area (Å²) < 4.78 is 33.4. The lowest BCUT2D eigenvalue weighted by molar-refractivity contribution is 0.111. The van der Waals surface area contributed by atoms with Crippen molar-refractivity contribution < 1.29 is 18.3 Å². The number of nitrogens with one attached hydrogen (secondary N) is 1. The first kappa shape index (κ1) is 17.4. The summed E-state index contributed by atoms with van der Waals surface area (Å²) in [5.74, 6) is 0.282. The van der Waals surface area contributed by atoms with Gasteiger partial charge in [-0.1, -0.05) is 15.9 Å². The summed E-state index contributed by atoms with van der Waals surface area (Å²) in [5.41, 5.74) is -0.982. The van der Waals surface area contributed by atoms with Gasteiger partial charge >= 0.3 is 0 Å². The third-order valence-corrected chi connectivity index (χ3v) is 5.12. The van der Waals surface area contributed by atoms with Gasteiger partial charge in [-0.15, -0.1) is 0 Å². The van der Waals surface area contributed by atoms with Crippen LogP contribution in [-0.4, -0.2) is 31.8 Å². The molecule has 0 spiro atoms. The lowest BCUT2D eigenvalue weighted by atomic mass is 10.0. The number of hydrogen-bond acceptors (Lipinski definition) is 4. The van der Waals surface area contributed by atoms with E-state index in [1.165, 1.54) is 13.0 Å². The summed E-state index contributed by atoms with van der Waals surface area (Å²) in [6.45, 7) is 6.92. The normalized spacial score (nSPS) is 14.1. The van der Waals surface area contributed by atoms with Crippen LogP contribution in [0.4, 0.5) is 0 Å². The molecule has 7 heteroatoms. The van der Waals surface area contributed by atoms with Crippen LogP contribution in [0.3, 0.4) is 0 Å². The molecule has 114 valence electrons. The molecular weight excluding hydrogens is 346 g/mol. The Bertz CT molecular complexity index is 570. The highest BCUT2D eigenvalue weighted by Crippen LogP contribution is 2.28. The van der Waals surface area contributed by atoms with Gasteiger partial charge in [-0.3, -0.25) is 0 Å². The van der Waals surface area contributed by atoms with Crippen LogP contribution in [0.2, 0.25) is 0 Å². The smallest absolute Gasteiger partial charge is 0.244 e. The number of aliphatic hydroxyl groups excluding tert-OH is 1. The summed E-state index contributed by atoms with van der Waals surface area (Å²) >= 11 is 3.25. The minimum Gasteiger partial charge on any atom is -0.492 e. The second kappa shape index (κ2) is 6.43. The van der Waals surface area contributed by atoms with Crippen molar-refractivity contribution in [2.75, 3.05) is 6.61 Å². The monoisotopic (exact) mass is 365 g/mol. The van der Waals surface area contributed by atoms with Gasteiger partial charge < -0.3 is 9.84 Å². The van der Waals surface area contributed by atoms with E-state index in [2.05, 4.69) is 20.7 Å². The van der Waals surface area contributed by atoms with Gasteiger partial charge in [0.25, 0.3) is 0 Å². The summed E-state index contributed by atoms with van der Waals surface area (Å²) in [6.07, 6.45) is -0.833. The van der Waals surface area contributed by atoms with Crippen molar-refractivity contribution in [2.45, 2.75) is 44.2 Å². The van der Waals surface area contributed by atoms with Crippen LogP contribution in [0.1, 0.15) is 27.7 Å². The molecule has 0 bridgehead atoms. The van der Waals surface area contributed by atoms with E-state index < -0.39 is 21.7 Å². The van der Waals surface area contributed by atoms with Crippen molar-refractivity contribution in [3.63, 3.8) is 0 Å². The van der Waals surface area contributed by atoms with E-state index >= 15 is 0 Å². The van der Waals surface area contributed by atoms with Crippen LogP contribution in [0.25, 0.3) is 0 Å². The van der Waals surface area contributed by atoms with Crippen molar-refractivity contribution >= 4 is 26.0 Å². The third kappa shape index (κ3) is 4.18. The Balaban J connectivity index is 3.25. The van der Waals surface area contributed by atoms with Crippen molar-refractivity contribution in [1.82, 2.24) is 4.72 Å². The molecule has 0 aliphatic rings. The number of ether oxygens (including phenoxy) is 1. The Morgan fingerprint density at radius 3 is 2.55 bits per heavy atom. The highest BCUT2D eigenvalue weighted by Gasteiger charge is 2.32. The first-order chi connectivity index (χ1) is 9.10. The van der Waals surface area contributed by atoms with Gasteiger partial charge in [-0.25, -0.2) is 13.1 Å². The Kier molecular flexibility index (Phi) is 5.60. The maximum atomic E-state index is 12.5. The molecular formula is C13H20BrNO4S. The minimum atomic E-state index is -3.80. The molecule has 1 aromatic carbocycles. The fraction of sp³-hybridized carbons (Fsp3) is 0.538. The molecule has 0 amide bonds. The Morgan fingerprint density at radius 1 is 1.45 bits per heavy atom. The molecule has 0 fully saturated rings. The molecule has 1 unspecified atom stereocenters. The topological polar surface area (TPSA) is 75.6 Å². The SMILES string of the molecule is CCOc1ccc(Br)cc1S(=O)(=O)NC(C)(C)C(C)O. The summed E-state index contributed by atoms with van der Waals surface area (Å²) in [5, 5.41) is 9.65. The average molecular weight is 366 g/mol. The zero-order valence-corrected chi connectivity index (χ0v) is 14.4. The van der Waals surface area contributed by atoms with Gasteiger partial charge in [0.1, 0.15) is 10.6 Å². The lowest BCUT2D eigenvalue weighted by Gasteiger charge is -2.29. The zero-order valence-electron chi connectivity index (χ0n) is 12.0. The molecule has 2 N–H and O–H groups in total. The van der Waals surface area contributed by atoms with E-state index in [1.54, 1.807) is 32.9 Å². The second-order valence-corrected chi connectivity index (χ2v) is 7.59. The van der Waals surface area contributed by atoms with Crippen molar-refractivity contribution in [1.29, 1.82) is 0 Å². The van der Waals surface area contributed by atoms with Gasteiger partial charge in [0.2, 0.25) is 10.0 Å². The van der Waals surface area contributed by atoms with Crippen LogP contribution in [0.15, 0.2) is 27.6 Å². The third-order valence-electron chi connectivity index (χ3n) is 2.94. The van der Waals surface area contributed by atoms with Crippen LogP contribution in [0.5, 0.6) is 5.75 Å². The first-order valence-corrected chi connectivity index (χ1v) is 8.52. The molecule has 20 heavy (non-hydrogen) atoms. The van der Waals surface area contributed by atoms with Gasteiger partial charge in [0.15, 0.2) is 0 Å². The summed E-state index contributed by atoms with van der Waals surface area (Å²) in [7, 11) is -3.80. The molecule has 1 aromatic rings. The van der Waals surface area contributed by atoms with E-state index in [-0.39, 0.29) is 10.6 Å². The maximum Gasteiger partial charge on any atom is 0.244 e. The number of aliphatic hydroxyl groups is 1. The van der Waals surface area contributed by atoms with Gasteiger partial charge in [-0.05, 0) is 45.9 Å². The molecule has 1 rings (SSSR count). The zero-order chi connectivity index (χ0) is 15.6. The Labute approximate surface area is 128 Å². The Hall–Kier alpha value is -0.630. The fourth-order valence-corrected chi connectivity index (χ4v) is 3.61. The van der Waals surface area contributed by atoms with Gasteiger partial charge in [0.05, 0.1) is 18.2 Å². The van der Waals surface area contributed by atoms with E-state index in [0.717, 1.165) is 0 Å². The predicted molar refractivity (Wildman–Crippen MR) is 81.4 cm³/mol. The van der Waals surface area contributed by atoms with Gasteiger partial charge in [-0.2, -0.15) is 0 Å². The molecule has 0 aromatic heterocycles. The lowest BCUT2D eigenvalue weighted by Crippen LogP contribution is -2.50. The van der Waals surface area contributed by atoms with Crippen molar-refractivity contribution in [3.05, 3.63) is 22.7 Å². The van der Waals surface area contributed by atoms with Crippen LogP contribution >= 0.6 is 15.9 Å². The minimum absolute atomic E-state index is 0.0439. The molecule has 5 nitrogen and oxygen atoms in total. The molecule has 0 aliphatic heterocycles. The predicted octanol–water partition coefficient (Wildman–Crippen LogP) is 2.29. The van der Waals surface area contributed by atoms with E-state index in [0.29, 0.717) is 11.1 Å². The number of halogens is 1. The maximum absolute atomic E-state index is 12.5. The van der Waals surface area contributed by atoms with Crippen LogP contribution < -0.4 is 9.46 Å². The molecule has 0 heterocycles.